The van der Waals surface area contributed by atoms with Crippen molar-refractivity contribution in [3.05, 3.63) is 46.4 Å². The van der Waals surface area contributed by atoms with Crippen molar-refractivity contribution in [3.8, 4) is 5.75 Å². The quantitative estimate of drug-likeness (QED) is 0.465. The standard InChI is InChI=1S/C17H18N4O3S/c1-3-24-13-7-5-4-6-11(13)19-14(22)9-25-17-20-12-8-10(2)18-15(12)16(23)21-17/h4-8,18H,3,9H2,1-2H3,(H,19,22)(H,20,21,23). The van der Waals surface area contributed by atoms with Crippen LogP contribution in [-0.2, 0) is 4.79 Å². The minimum atomic E-state index is -0.248. The van der Waals surface area contributed by atoms with Gasteiger partial charge in [0, 0.05) is 5.69 Å². The lowest BCUT2D eigenvalue weighted by molar-refractivity contribution is -0.113. The number of nitrogens with zero attached hydrogens (tertiary/aromatic N) is 1. The molecule has 0 bridgehead atoms. The zero-order chi connectivity index (χ0) is 17.8. The Balaban J connectivity index is 1.67. The highest BCUT2D eigenvalue weighted by molar-refractivity contribution is 7.99. The van der Waals surface area contributed by atoms with E-state index >= 15 is 0 Å². The molecule has 0 saturated carbocycles. The van der Waals surface area contributed by atoms with Crippen molar-refractivity contribution in [2.24, 2.45) is 0 Å². The summed E-state index contributed by atoms with van der Waals surface area (Å²) in [7, 11) is 0. The summed E-state index contributed by atoms with van der Waals surface area (Å²) in [6.45, 7) is 4.26. The zero-order valence-corrected chi connectivity index (χ0v) is 14.7. The lowest BCUT2D eigenvalue weighted by Crippen LogP contribution is -2.16. The van der Waals surface area contributed by atoms with Crippen molar-refractivity contribution in [3.63, 3.8) is 0 Å². The number of para-hydroxylation sites is 2. The number of ether oxygens (including phenoxy) is 1. The van der Waals surface area contributed by atoms with E-state index in [1.807, 2.05) is 26.0 Å². The number of rotatable bonds is 6. The molecule has 0 aliphatic rings. The van der Waals surface area contributed by atoms with Gasteiger partial charge in [-0.25, -0.2) is 4.98 Å². The number of aromatic amines is 2. The summed E-state index contributed by atoms with van der Waals surface area (Å²) in [5.74, 6) is 0.544. The highest BCUT2D eigenvalue weighted by Crippen LogP contribution is 2.24. The zero-order valence-electron chi connectivity index (χ0n) is 13.9. The molecule has 0 aliphatic heterocycles. The summed E-state index contributed by atoms with van der Waals surface area (Å²) in [5.41, 5.74) is 2.26. The van der Waals surface area contributed by atoms with Crippen LogP contribution in [0, 0.1) is 6.92 Å². The van der Waals surface area contributed by atoms with Crippen LogP contribution in [0.1, 0.15) is 12.6 Å². The van der Waals surface area contributed by atoms with Crippen molar-refractivity contribution < 1.29 is 9.53 Å². The fourth-order valence-electron chi connectivity index (χ4n) is 2.37. The molecule has 0 radical (unpaired) electrons. The second-order valence-electron chi connectivity index (χ2n) is 5.35. The van der Waals surface area contributed by atoms with Crippen LogP contribution in [0.4, 0.5) is 5.69 Å². The number of fused-ring (bicyclic) bond motifs is 1. The summed E-state index contributed by atoms with van der Waals surface area (Å²) in [4.78, 5) is 34.2. The highest BCUT2D eigenvalue weighted by atomic mass is 32.2. The second-order valence-corrected chi connectivity index (χ2v) is 6.31. The molecule has 0 spiro atoms. The first kappa shape index (κ1) is 17.1. The van der Waals surface area contributed by atoms with Crippen molar-refractivity contribution in [1.29, 1.82) is 0 Å². The van der Waals surface area contributed by atoms with Gasteiger partial charge in [-0.2, -0.15) is 0 Å². The van der Waals surface area contributed by atoms with Gasteiger partial charge < -0.3 is 15.0 Å². The number of benzene rings is 1. The Morgan fingerprint density at radius 2 is 2.12 bits per heavy atom. The molecule has 0 aliphatic carbocycles. The van der Waals surface area contributed by atoms with Crippen LogP contribution in [0.2, 0.25) is 0 Å². The predicted molar refractivity (Wildman–Crippen MR) is 98.4 cm³/mol. The number of hydrogen-bond donors (Lipinski definition) is 3. The number of hydrogen-bond acceptors (Lipinski definition) is 5. The lowest BCUT2D eigenvalue weighted by Gasteiger charge is -2.10. The van der Waals surface area contributed by atoms with Crippen molar-refractivity contribution >= 4 is 34.4 Å². The third-order valence-electron chi connectivity index (χ3n) is 3.40. The first-order valence-corrected chi connectivity index (χ1v) is 8.79. The fraction of sp³-hybridized carbons (Fsp3) is 0.235. The molecule has 1 amide bonds. The first-order chi connectivity index (χ1) is 12.1. The summed E-state index contributed by atoms with van der Waals surface area (Å²) in [5, 5.41) is 3.22. The van der Waals surface area contributed by atoms with Gasteiger partial charge in [0.05, 0.1) is 23.6 Å². The van der Waals surface area contributed by atoms with Gasteiger partial charge in [-0.3, -0.25) is 14.6 Å². The topological polar surface area (TPSA) is 99.9 Å². The number of nitrogens with one attached hydrogen (secondary N) is 3. The summed E-state index contributed by atoms with van der Waals surface area (Å²) in [6, 6.07) is 9.05. The minimum Gasteiger partial charge on any atom is -0.492 e. The Bertz CT molecular complexity index is 964. The van der Waals surface area contributed by atoms with Gasteiger partial charge in [0.15, 0.2) is 5.16 Å². The van der Waals surface area contributed by atoms with Crippen molar-refractivity contribution in [1.82, 2.24) is 15.0 Å². The molecule has 0 saturated heterocycles. The Morgan fingerprint density at radius 1 is 1.32 bits per heavy atom. The molecular weight excluding hydrogens is 340 g/mol. The van der Waals surface area contributed by atoms with E-state index in [1.54, 1.807) is 18.2 Å². The number of H-pyrrole nitrogens is 2. The van der Waals surface area contributed by atoms with Gasteiger partial charge in [-0.1, -0.05) is 23.9 Å². The number of carbonyl (C=O) groups excluding carboxylic acids is 1. The van der Waals surface area contributed by atoms with Gasteiger partial charge >= 0.3 is 0 Å². The number of amides is 1. The van der Waals surface area contributed by atoms with Crippen LogP contribution in [-0.4, -0.2) is 33.2 Å². The largest absolute Gasteiger partial charge is 0.492 e. The van der Waals surface area contributed by atoms with Gasteiger partial charge in [0.2, 0.25) is 5.91 Å². The average molecular weight is 358 g/mol. The van der Waals surface area contributed by atoms with Crippen molar-refractivity contribution in [2.45, 2.75) is 19.0 Å². The Labute approximate surface area is 148 Å². The van der Waals surface area contributed by atoms with E-state index in [2.05, 4.69) is 20.3 Å². The molecule has 2 aromatic heterocycles. The molecule has 3 rings (SSSR count). The van der Waals surface area contributed by atoms with E-state index in [1.165, 1.54) is 11.8 Å². The van der Waals surface area contributed by atoms with Gasteiger partial charge in [-0.15, -0.1) is 0 Å². The molecular formula is C17H18N4O3S. The van der Waals surface area contributed by atoms with E-state index in [4.69, 9.17) is 4.74 Å². The van der Waals surface area contributed by atoms with E-state index in [0.29, 0.717) is 34.2 Å². The Hall–Kier alpha value is -2.74. The maximum Gasteiger partial charge on any atom is 0.275 e. The molecule has 0 unspecified atom stereocenters. The third-order valence-corrected chi connectivity index (χ3v) is 4.28. The molecule has 2 heterocycles. The van der Waals surface area contributed by atoms with Crippen LogP contribution < -0.4 is 15.6 Å². The van der Waals surface area contributed by atoms with E-state index in [-0.39, 0.29) is 17.2 Å². The summed E-state index contributed by atoms with van der Waals surface area (Å²) >= 11 is 1.17. The predicted octanol–water partition coefficient (Wildman–Crippen LogP) is 2.69. The molecule has 130 valence electrons. The maximum atomic E-state index is 12.2. The number of thioether (sulfide) groups is 1. The van der Waals surface area contributed by atoms with Crippen LogP contribution >= 0.6 is 11.8 Å². The number of aromatic nitrogens is 3. The fourth-order valence-corrected chi connectivity index (χ4v) is 3.04. The highest BCUT2D eigenvalue weighted by Gasteiger charge is 2.11. The SMILES string of the molecule is CCOc1ccccc1NC(=O)CSc1nc2cc(C)[nH]c2c(=O)[nH]1. The molecule has 8 heteroatoms. The second kappa shape index (κ2) is 7.43. The van der Waals surface area contributed by atoms with Crippen LogP contribution in [0.5, 0.6) is 5.75 Å². The minimum absolute atomic E-state index is 0.123. The van der Waals surface area contributed by atoms with E-state index < -0.39 is 0 Å². The van der Waals surface area contributed by atoms with Crippen molar-refractivity contribution in [2.75, 3.05) is 17.7 Å². The molecule has 0 fully saturated rings. The maximum absolute atomic E-state index is 12.2. The number of carbonyl (C=O) groups is 1. The van der Waals surface area contributed by atoms with Crippen LogP contribution in [0.15, 0.2) is 40.3 Å². The van der Waals surface area contributed by atoms with Gasteiger partial charge in [0.1, 0.15) is 11.3 Å². The smallest absolute Gasteiger partial charge is 0.275 e. The molecule has 7 nitrogen and oxygen atoms in total. The molecule has 3 N–H and O–H groups in total. The van der Waals surface area contributed by atoms with Crippen LogP contribution in [0.25, 0.3) is 11.0 Å². The summed E-state index contributed by atoms with van der Waals surface area (Å²) < 4.78 is 5.48. The molecule has 3 aromatic rings. The van der Waals surface area contributed by atoms with Gasteiger partial charge in [0.25, 0.3) is 5.56 Å². The van der Waals surface area contributed by atoms with E-state index in [9.17, 15) is 9.59 Å². The molecule has 1 aromatic carbocycles. The number of anilines is 1. The van der Waals surface area contributed by atoms with E-state index in [0.717, 1.165) is 5.69 Å². The lowest BCUT2D eigenvalue weighted by atomic mass is 10.3. The summed E-state index contributed by atoms with van der Waals surface area (Å²) in [6.07, 6.45) is 0. The number of aryl methyl sites for hydroxylation is 1. The first-order valence-electron chi connectivity index (χ1n) is 7.81. The third kappa shape index (κ3) is 4.03. The Morgan fingerprint density at radius 3 is 2.92 bits per heavy atom. The molecule has 0 atom stereocenters. The molecule has 25 heavy (non-hydrogen) atoms. The Kier molecular flexibility index (Phi) is 5.08. The average Bonchev–Trinajstić information content (AvgIpc) is 2.96. The van der Waals surface area contributed by atoms with Crippen LogP contribution in [0.3, 0.4) is 0 Å². The van der Waals surface area contributed by atoms with Gasteiger partial charge in [-0.05, 0) is 32.0 Å². The monoisotopic (exact) mass is 358 g/mol. The normalized spacial score (nSPS) is 10.8.